The van der Waals surface area contributed by atoms with E-state index in [1.807, 2.05) is 17.0 Å². The SMILES string of the molecule is O=C1C2CCCCC2C(=O)N1CC(=O)N1CCCCCC1c1ccco1. The number of furan rings is 1. The molecule has 140 valence electrons. The molecule has 0 radical (unpaired) electrons. The Kier molecular flexibility index (Phi) is 4.83. The van der Waals surface area contributed by atoms with E-state index in [4.69, 9.17) is 4.42 Å². The van der Waals surface area contributed by atoms with Crippen molar-refractivity contribution in [2.75, 3.05) is 13.1 Å². The summed E-state index contributed by atoms with van der Waals surface area (Å²) < 4.78 is 5.56. The minimum absolute atomic E-state index is 0.102. The third kappa shape index (κ3) is 3.06. The highest BCUT2D eigenvalue weighted by Gasteiger charge is 2.49. The lowest BCUT2D eigenvalue weighted by Crippen LogP contribution is -2.44. The quantitative estimate of drug-likeness (QED) is 0.779. The second-order valence-electron chi connectivity index (χ2n) is 7.73. The summed E-state index contributed by atoms with van der Waals surface area (Å²) in [4.78, 5) is 41.4. The molecule has 1 saturated carbocycles. The van der Waals surface area contributed by atoms with Crippen LogP contribution in [0.25, 0.3) is 0 Å². The highest BCUT2D eigenvalue weighted by molar-refractivity contribution is 6.07. The molecule has 6 heteroatoms. The van der Waals surface area contributed by atoms with E-state index in [0.717, 1.165) is 57.1 Å². The molecule has 3 heterocycles. The van der Waals surface area contributed by atoms with Crippen LogP contribution in [0.2, 0.25) is 0 Å². The first-order valence-electron chi connectivity index (χ1n) is 9.85. The fourth-order valence-corrected chi connectivity index (χ4v) is 4.80. The summed E-state index contributed by atoms with van der Waals surface area (Å²) in [6.45, 7) is 0.523. The van der Waals surface area contributed by atoms with Crippen LogP contribution in [0.1, 0.15) is 63.2 Å². The second-order valence-corrected chi connectivity index (χ2v) is 7.73. The summed E-state index contributed by atoms with van der Waals surface area (Å²) >= 11 is 0. The van der Waals surface area contributed by atoms with Crippen molar-refractivity contribution in [2.24, 2.45) is 11.8 Å². The minimum Gasteiger partial charge on any atom is -0.467 e. The van der Waals surface area contributed by atoms with Gasteiger partial charge in [0.2, 0.25) is 17.7 Å². The van der Waals surface area contributed by atoms with Crippen LogP contribution < -0.4 is 0 Å². The molecule has 6 nitrogen and oxygen atoms in total. The molecule has 1 aromatic heterocycles. The molecule has 2 aliphatic heterocycles. The van der Waals surface area contributed by atoms with E-state index >= 15 is 0 Å². The Balaban J connectivity index is 1.51. The lowest BCUT2D eigenvalue weighted by molar-refractivity contribution is -0.147. The molecule has 3 unspecified atom stereocenters. The first-order valence-corrected chi connectivity index (χ1v) is 9.85. The average molecular weight is 358 g/mol. The Morgan fingerprint density at radius 2 is 1.69 bits per heavy atom. The fraction of sp³-hybridized carbons (Fsp3) is 0.650. The van der Waals surface area contributed by atoms with Crippen LogP contribution in [0, 0.1) is 11.8 Å². The van der Waals surface area contributed by atoms with Crippen molar-refractivity contribution in [3.05, 3.63) is 24.2 Å². The van der Waals surface area contributed by atoms with Crippen LogP contribution in [-0.4, -0.2) is 40.6 Å². The van der Waals surface area contributed by atoms with Gasteiger partial charge in [0, 0.05) is 6.54 Å². The normalized spacial score (nSPS) is 29.6. The van der Waals surface area contributed by atoms with Gasteiger partial charge in [0.15, 0.2) is 0 Å². The molecule has 1 aromatic rings. The summed E-state index contributed by atoms with van der Waals surface area (Å²) in [5.41, 5.74) is 0. The first-order chi connectivity index (χ1) is 12.7. The summed E-state index contributed by atoms with van der Waals surface area (Å²) in [6.07, 6.45) is 9.08. The molecule has 0 aromatic carbocycles. The maximum atomic E-state index is 13.0. The van der Waals surface area contributed by atoms with Crippen LogP contribution in [0.4, 0.5) is 0 Å². The van der Waals surface area contributed by atoms with Crippen LogP contribution >= 0.6 is 0 Å². The third-order valence-corrected chi connectivity index (χ3v) is 6.17. The van der Waals surface area contributed by atoms with Gasteiger partial charge in [-0.2, -0.15) is 0 Å². The zero-order chi connectivity index (χ0) is 18.1. The van der Waals surface area contributed by atoms with Crippen molar-refractivity contribution < 1.29 is 18.8 Å². The summed E-state index contributed by atoms with van der Waals surface area (Å²) in [5.74, 6) is -0.0420. The van der Waals surface area contributed by atoms with E-state index in [1.54, 1.807) is 6.26 Å². The molecule has 0 spiro atoms. The first kappa shape index (κ1) is 17.3. The van der Waals surface area contributed by atoms with E-state index in [-0.39, 0.29) is 42.1 Å². The van der Waals surface area contributed by atoms with Crippen molar-refractivity contribution in [1.82, 2.24) is 9.80 Å². The number of fused-ring (bicyclic) bond motifs is 1. The zero-order valence-corrected chi connectivity index (χ0v) is 15.1. The lowest BCUT2D eigenvalue weighted by atomic mass is 9.81. The number of likely N-dealkylation sites (tertiary alicyclic amines) is 2. The Hall–Kier alpha value is -2.11. The van der Waals surface area contributed by atoms with Crippen LogP contribution in [0.15, 0.2) is 22.8 Å². The number of rotatable bonds is 3. The number of nitrogens with zero attached hydrogens (tertiary/aromatic N) is 2. The summed E-state index contributed by atoms with van der Waals surface area (Å²) in [7, 11) is 0. The minimum atomic E-state index is -0.200. The van der Waals surface area contributed by atoms with Gasteiger partial charge >= 0.3 is 0 Å². The molecule has 3 aliphatic rings. The molecule has 0 N–H and O–H groups in total. The van der Waals surface area contributed by atoms with E-state index < -0.39 is 0 Å². The number of imide groups is 1. The standard InChI is InChI=1S/C20H26N2O4/c23-18(13-22-19(24)14-7-3-4-8-15(14)20(22)25)21-11-5-1-2-9-16(21)17-10-6-12-26-17/h6,10,12,14-16H,1-5,7-9,11,13H2. The molecular weight excluding hydrogens is 332 g/mol. The van der Waals surface area contributed by atoms with Crippen LogP contribution in [-0.2, 0) is 14.4 Å². The van der Waals surface area contributed by atoms with E-state index in [0.29, 0.717) is 6.54 Å². The smallest absolute Gasteiger partial charge is 0.243 e. The molecule has 3 atom stereocenters. The molecule has 26 heavy (non-hydrogen) atoms. The summed E-state index contributed by atoms with van der Waals surface area (Å²) in [6, 6.07) is 3.63. The van der Waals surface area contributed by atoms with Crippen molar-refractivity contribution in [3.8, 4) is 0 Å². The van der Waals surface area contributed by atoms with Crippen molar-refractivity contribution in [3.63, 3.8) is 0 Å². The van der Waals surface area contributed by atoms with E-state index in [2.05, 4.69) is 0 Å². The van der Waals surface area contributed by atoms with Gasteiger partial charge in [0.1, 0.15) is 12.3 Å². The van der Waals surface area contributed by atoms with Crippen molar-refractivity contribution in [1.29, 1.82) is 0 Å². The Morgan fingerprint density at radius 3 is 2.35 bits per heavy atom. The topological polar surface area (TPSA) is 70.8 Å². The number of hydrogen-bond acceptors (Lipinski definition) is 4. The van der Waals surface area contributed by atoms with E-state index in [9.17, 15) is 14.4 Å². The summed E-state index contributed by atoms with van der Waals surface area (Å²) in [5, 5.41) is 0. The Labute approximate surface area is 153 Å². The average Bonchev–Trinajstić information content (AvgIpc) is 3.18. The predicted molar refractivity (Wildman–Crippen MR) is 93.8 cm³/mol. The van der Waals surface area contributed by atoms with Gasteiger partial charge in [-0.15, -0.1) is 0 Å². The number of carbonyl (C=O) groups excluding carboxylic acids is 3. The van der Waals surface area contributed by atoms with Gasteiger partial charge in [-0.25, -0.2) is 0 Å². The molecule has 2 saturated heterocycles. The van der Waals surface area contributed by atoms with E-state index in [1.165, 1.54) is 4.90 Å². The fourth-order valence-electron chi connectivity index (χ4n) is 4.80. The Morgan fingerprint density at radius 1 is 1.00 bits per heavy atom. The number of carbonyl (C=O) groups is 3. The maximum absolute atomic E-state index is 13.0. The third-order valence-electron chi connectivity index (χ3n) is 6.17. The molecule has 0 bridgehead atoms. The molecule has 3 amide bonds. The molecule has 1 aliphatic carbocycles. The molecule has 3 fully saturated rings. The van der Waals surface area contributed by atoms with Gasteiger partial charge in [0.05, 0.1) is 24.1 Å². The van der Waals surface area contributed by atoms with Gasteiger partial charge in [-0.05, 0) is 37.8 Å². The van der Waals surface area contributed by atoms with Crippen molar-refractivity contribution in [2.45, 2.75) is 57.4 Å². The zero-order valence-electron chi connectivity index (χ0n) is 15.1. The highest BCUT2D eigenvalue weighted by Crippen LogP contribution is 2.38. The molecule has 4 rings (SSSR count). The molecular formula is C20H26N2O4. The number of amides is 3. The predicted octanol–water partition coefficient (Wildman–Crippen LogP) is 2.90. The monoisotopic (exact) mass is 358 g/mol. The van der Waals surface area contributed by atoms with Gasteiger partial charge in [-0.1, -0.05) is 25.7 Å². The lowest BCUT2D eigenvalue weighted by Gasteiger charge is -2.30. The van der Waals surface area contributed by atoms with Gasteiger partial charge < -0.3 is 9.32 Å². The Bertz CT molecular complexity index is 660. The number of hydrogen-bond donors (Lipinski definition) is 0. The maximum Gasteiger partial charge on any atom is 0.243 e. The highest BCUT2D eigenvalue weighted by atomic mass is 16.3. The second kappa shape index (κ2) is 7.25. The largest absolute Gasteiger partial charge is 0.467 e. The van der Waals surface area contributed by atoms with Crippen LogP contribution in [0.3, 0.4) is 0 Å². The van der Waals surface area contributed by atoms with Gasteiger partial charge in [0.25, 0.3) is 0 Å². The van der Waals surface area contributed by atoms with Crippen LogP contribution in [0.5, 0.6) is 0 Å². The van der Waals surface area contributed by atoms with Crippen molar-refractivity contribution >= 4 is 17.7 Å². The van der Waals surface area contributed by atoms with Gasteiger partial charge in [-0.3, -0.25) is 19.3 Å².